The Bertz CT molecular complexity index is 633. The third-order valence-corrected chi connectivity index (χ3v) is 4.67. The van der Waals surface area contributed by atoms with Crippen molar-refractivity contribution in [3.8, 4) is 11.5 Å². The second kappa shape index (κ2) is 5.79. The summed E-state index contributed by atoms with van der Waals surface area (Å²) in [6.07, 6.45) is 1.29. The number of carboxylic acids is 1. The van der Waals surface area contributed by atoms with Gasteiger partial charge in [-0.15, -0.1) is 0 Å². The van der Waals surface area contributed by atoms with E-state index in [4.69, 9.17) is 9.47 Å². The summed E-state index contributed by atoms with van der Waals surface area (Å²) in [5.74, 6) is 0.111. The summed E-state index contributed by atoms with van der Waals surface area (Å²) in [6.45, 7) is 2.57. The largest absolute Gasteiger partial charge is 0.480 e. The van der Waals surface area contributed by atoms with Crippen LogP contribution in [0.5, 0.6) is 11.5 Å². The number of halogens is 1. The number of piperidine rings is 1. The summed E-state index contributed by atoms with van der Waals surface area (Å²) >= 11 is 3.35. The van der Waals surface area contributed by atoms with E-state index in [2.05, 4.69) is 15.9 Å². The topological polar surface area (TPSA) is 76.1 Å². The van der Waals surface area contributed by atoms with Gasteiger partial charge < -0.3 is 19.5 Å². The molecule has 1 aromatic rings. The van der Waals surface area contributed by atoms with Crippen LogP contribution in [0.4, 0.5) is 0 Å². The van der Waals surface area contributed by atoms with Crippen LogP contribution >= 0.6 is 15.9 Å². The summed E-state index contributed by atoms with van der Waals surface area (Å²) in [4.78, 5) is 25.6. The fraction of sp³-hybridized carbons (Fsp3) is 0.467. The average Bonchev–Trinajstić information content (AvgIpc) is 2.95. The average molecular weight is 370 g/mol. The first-order valence-electron chi connectivity index (χ1n) is 7.10. The maximum absolute atomic E-state index is 12.7. The van der Waals surface area contributed by atoms with Crippen molar-refractivity contribution in [2.75, 3.05) is 13.3 Å². The quantitative estimate of drug-likeness (QED) is 0.866. The van der Waals surface area contributed by atoms with Crippen molar-refractivity contribution in [2.24, 2.45) is 5.92 Å². The van der Waals surface area contributed by atoms with Gasteiger partial charge in [0.1, 0.15) is 6.04 Å². The highest BCUT2D eigenvalue weighted by Gasteiger charge is 2.35. The first-order valence-corrected chi connectivity index (χ1v) is 7.89. The minimum absolute atomic E-state index is 0.116. The zero-order chi connectivity index (χ0) is 15.9. The standard InChI is InChI=1S/C15H16BrNO5/c1-8-2-3-17(11(4-8)15(19)20)14(18)9-5-10(16)13-12(6-9)21-7-22-13/h5-6,8,11H,2-4,7H2,1H3,(H,19,20). The Hall–Kier alpha value is -1.76. The SMILES string of the molecule is CC1CCN(C(=O)c2cc(Br)c3c(c2)OCO3)C(C(=O)O)C1. The zero-order valence-electron chi connectivity index (χ0n) is 12.0. The Kier molecular flexibility index (Phi) is 3.99. The van der Waals surface area contributed by atoms with Crippen LogP contribution in [0.1, 0.15) is 30.1 Å². The summed E-state index contributed by atoms with van der Waals surface area (Å²) in [6, 6.07) is 2.47. The molecule has 2 atom stereocenters. The lowest BCUT2D eigenvalue weighted by molar-refractivity contribution is -0.144. The monoisotopic (exact) mass is 369 g/mol. The molecular weight excluding hydrogens is 354 g/mol. The number of ether oxygens (including phenoxy) is 2. The van der Waals surface area contributed by atoms with Crippen LogP contribution in [0, 0.1) is 5.92 Å². The molecule has 1 saturated heterocycles. The van der Waals surface area contributed by atoms with E-state index in [0.717, 1.165) is 6.42 Å². The Morgan fingerprint density at radius 3 is 2.86 bits per heavy atom. The molecule has 3 rings (SSSR count). The molecule has 2 aliphatic heterocycles. The Labute approximate surface area is 136 Å². The van der Waals surface area contributed by atoms with Crippen LogP contribution in [0.3, 0.4) is 0 Å². The Balaban J connectivity index is 1.90. The summed E-state index contributed by atoms with van der Waals surface area (Å²) in [5.41, 5.74) is 0.400. The van der Waals surface area contributed by atoms with E-state index in [9.17, 15) is 14.7 Å². The van der Waals surface area contributed by atoms with Gasteiger partial charge in [0.05, 0.1) is 4.47 Å². The first-order chi connectivity index (χ1) is 10.5. The Morgan fingerprint density at radius 1 is 1.36 bits per heavy atom. The molecule has 0 radical (unpaired) electrons. The van der Waals surface area contributed by atoms with Gasteiger partial charge in [-0.2, -0.15) is 0 Å². The van der Waals surface area contributed by atoms with Crippen LogP contribution in [-0.4, -0.2) is 41.3 Å². The van der Waals surface area contributed by atoms with Gasteiger partial charge in [-0.3, -0.25) is 4.79 Å². The number of aliphatic carboxylic acids is 1. The fourth-order valence-electron chi connectivity index (χ4n) is 2.88. The van der Waals surface area contributed by atoms with Crippen LogP contribution in [0.2, 0.25) is 0 Å². The molecule has 0 saturated carbocycles. The molecule has 22 heavy (non-hydrogen) atoms. The number of fused-ring (bicyclic) bond motifs is 1. The van der Waals surface area contributed by atoms with Crippen molar-refractivity contribution in [3.63, 3.8) is 0 Å². The first kappa shape index (κ1) is 15.1. The van der Waals surface area contributed by atoms with Crippen molar-refractivity contribution >= 4 is 27.8 Å². The molecule has 0 bridgehead atoms. The number of rotatable bonds is 2. The van der Waals surface area contributed by atoms with Gasteiger partial charge in [-0.1, -0.05) is 6.92 Å². The number of likely N-dealkylation sites (tertiary alicyclic amines) is 1. The highest BCUT2D eigenvalue weighted by Crippen LogP contribution is 2.40. The predicted octanol–water partition coefficient (Wildman–Crippen LogP) is 2.50. The lowest BCUT2D eigenvalue weighted by atomic mass is 9.92. The van der Waals surface area contributed by atoms with Gasteiger partial charge >= 0.3 is 5.97 Å². The lowest BCUT2D eigenvalue weighted by Gasteiger charge is -2.36. The normalized spacial score (nSPS) is 23.5. The van der Waals surface area contributed by atoms with Crippen molar-refractivity contribution in [2.45, 2.75) is 25.8 Å². The van der Waals surface area contributed by atoms with Crippen LogP contribution < -0.4 is 9.47 Å². The number of hydrogen-bond acceptors (Lipinski definition) is 4. The summed E-state index contributed by atoms with van der Waals surface area (Å²) in [5, 5.41) is 9.38. The molecule has 2 heterocycles. The van der Waals surface area contributed by atoms with Crippen molar-refractivity contribution in [3.05, 3.63) is 22.2 Å². The molecular formula is C15H16BrNO5. The van der Waals surface area contributed by atoms with E-state index in [1.165, 1.54) is 4.90 Å². The maximum Gasteiger partial charge on any atom is 0.326 e. The minimum atomic E-state index is -0.959. The van der Waals surface area contributed by atoms with Crippen LogP contribution in [-0.2, 0) is 4.79 Å². The molecule has 0 aromatic heterocycles. The van der Waals surface area contributed by atoms with Gasteiger partial charge in [0.25, 0.3) is 5.91 Å². The van der Waals surface area contributed by atoms with Gasteiger partial charge in [-0.05, 0) is 46.8 Å². The molecule has 1 N–H and O–H groups in total. The van der Waals surface area contributed by atoms with Crippen LogP contribution in [0.25, 0.3) is 0 Å². The molecule has 6 nitrogen and oxygen atoms in total. The fourth-order valence-corrected chi connectivity index (χ4v) is 3.43. The lowest BCUT2D eigenvalue weighted by Crippen LogP contribution is -2.49. The number of hydrogen-bond donors (Lipinski definition) is 1. The number of benzene rings is 1. The molecule has 1 amide bonds. The molecule has 2 aliphatic rings. The number of nitrogens with zero attached hydrogens (tertiary/aromatic N) is 1. The van der Waals surface area contributed by atoms with E-state index in [-0.39, 0.29) is 12.7 Å². The molecule has 0 aliphatic carbocycles. The zero-order valence-corrected chi connectivity index (χ0v) is 13.6. The van der Waals surface area contributed by atoms with Crippen molar-refractivity contribution in [1.29, 1.82) is 0 Å². The third-order valence-electron chi connectivity index (χ3n) is 4.08. The van der Waals surface area contributed by atoms with E-state index in [1.54, 1.807) is 12.1 Å². The van der Waals surface area contributed by atoms with Crippen molar-refractivity contribution < 1.29 is 24.2 Å². The third kappa shape index (κ3) is 2.65. The molecule has 7 heteroatoms. The number of amides is 1. The van der Waals surface area contributed by atoms with Crippen LogP contribution in [0.15, 0.2) is 16.6 Å². The number of carboxylic acid groups (broad SMARTS) is 1. The maximum atomic E-state index is 12.7. The van der Waals surface area contributed by atoms with Gasteiger partial charge in [-0.25, -0.2) is 4.79 Å². The Morgan fingerprint density at radius 2 is 2.14 bits per heavy atom. The second-order valence-electron chi connectivity index (χ2n) is 5.67. The minimum Gasteiger partial charge on any atom is -0.480 e. The predicted molar refractivity (Wildman–Crippen MR) is 81.1 cm³/mol. The van der Waals surface area contributed by atoms with E-state index < -0.39 is 12.0 Å². The van der Waals surface area contributed by atoms with Gasteiger partial charge in [0.15, 0.2) is 11.5 Å². The van der Waals surface area contributed by atoms with E-state index >= 15 is 0 Å². The van der Waals surface area contributed by atoms with E-state index in [1.807, 2.05) is 6.92 Å². The second-order valence-corrected chi connectivity index (χ2v) is 6.53. The summed E-state index contributed by atoms with van der Waals surface area (Å²) < 4.78 is 11.2. The number of carbonyl (C=O) groups excluding carboxylic acids is 1. The van der Waals surface area contributed by atoms with Crippen molar-refractivity contribution in [1.82, 2.24) is 4.90 Å². The highest BCUT2D eigenvalue weighted by molar-refractivity contribution is 9.10. The smallest absolute Gasteiger partial charge is 0.326 e. The van der Waals surface area contributed by atoms with Gasteiger partial charge in [0, 0.05) is 12.1 Å². The van der Waals surface area contributed by atoms with E-state index in [0.29, 0.717) is 40.4 Å². The molecule has 1 fully saturated rings. The number of carbonyl (C=O) groups is 2. The molecule has 1 aromatic carbocycles. The summed E-state index contributed by atoms with van der Waals surface area (Å²) in [7, 11) is 0. The highest BCUT2D eigenvalue weighted by atomic mass is 79.9. The molecule has 0 spiro atoms. The molecule has 2 unspecified atom stereocenters. The molecule has 118 valence electrons. The van der Waals surface area contributed by atoms with Gasteiger partial charge in [0.2, 0.25) is 6.79 Å².